The molecule has 0 fully saturated rings. The molecule has 3 aromatic carbocycles. The number of anilines is 1. The van der Waals surface area contributed by atoms with E-state index in [1.54, 1.807) is 11.8 Å². The van der Waals surface area contributed by atoms with Crippen LogP contribution in [0.3, 0.4) is 0 Å². The highest BCUT2D eigenvalue weighted by Gasteiger charge is 2.32. The van der Waals surface area contributed by atoms with Crippen LogP contribution in [0.1, 0.15) is 17.2 Å². The first-order valence-corrected chi connectivity index (χ1v) is 12.8. The van der Waals surface area contributed by atoms with E-state index in [-0.39, 0.29) is 11.9 Å². The summed E-state index contributed by atoms with van der Waals surface area (Å²) in [5.41, 5.74) is 4.33. The van der Waals surface area contributed by atoms with Gasteiger partial charge in [0.2, 0.25) is 5.91 Å². The van der Waals surface area contributed by atoms with E-state index in [1.807, 2.05) is 71.1 Å². The Morgan fingerprint density at radius 3 is 2.55 bits per heavy atom. The van der Waals surface area contributed by atoms with Crippen LogP contribution in [0.15, 0.2) is 88.9 Å². The summed E-state index contributed by atoms with van der Waals surface area (Å²) in [6, 6.07) is 26.6. The predicted octanol–water partition coefficient (Wildman–Crippen LogP) is 5.76. The highest BCUT2D eigenvalue weighted by Crippen LogP contribution is 2.43. The van der Waals surface area contributed by atoms with Gasteiger partial charge in [-0.2, -0.15) is 0 Å². The summed E-state index contributed by atoms with van der Waals surface area (Å²) in [7, 11) is 1.95. The molecule has 1 atom stereocenters. The van der Waals surface area contributed by atoms with Gasteiger partial charge in [0.05, 0.1) is 17.5 Å². The standard InChI is InChI=1S/C26H24N4OS2/c1-18-10-6-7-13-20(18)25-27-28-26(29(25)2)33-17-24(31)30-21-14-8-9-15-23(21)32-16-22(30)19-11-4-3-5-12-19/h3-15,22H,16-17H2,1-2H3/t22-/m0/s1. The fourth-order valence-corrected chi connectivity index (χ4v) is 6.05. The van der Waals surface area contributed by atoms with Crippen molar-refractivity contribution in [1.82, 2.24) is 14.8 Å². The van der Waals surface area contributed by atoms with Gasteiger partial charge in [0.15, 0.2) is 11.0 Å². The fraction of sp³-hybridized carbons (Fsp3) is 0.192. The van der Waals surface area contributed by atoms with Crippen LogP contribution < -0.4 is 4.90 Å². The van der Waals surface area contributed by atoms with Crippen LogP contribution in [0.5, 0.6) is 0 Å². The molecule has 4 aromatic rings. The Bertz CT molecular complexity index is 1290. The topological polar surface area (TPSA) is 51.0 Å². The highest BCUT2D eigenvalue weighted by atomic mass is 32.2. The number of rotatable bonds is 5. The van der Waals surface area contributed by atoms with Crippen LogP contribution in [0, 0.1) is 6.92 Å². The van der Waals surface area contributed by atoms with Crippen LogP contribution >= 0.6 is 23.5 Å². The van der Waals surface area contributed by atoms with Gasteiger partial charge in [0.25, 0.3) is 0 Å². The Hall–Kier alpha value is -3.03. The number of aryl methyl sites for hydroxylation is 1. The second-order valence-corrected chi connectivity index (χ2v) is 9.94. The molecule has 0 aliphatic carbocycles. The first-order valence-electron chi connectivity index (χ1n) is 10.8. The molecule has 1 amide bonds. The third-order valence-corrected chi connectivity index (χ3v) is 7.98. The van der Waals surface area contributed by atoms with Gasteiger partial charge in [0, 0.05) is 23.3 Å². The number of benzene rings is 3. The van der Waals surface area contributed by atoms with Crippen LogP contribution in [0.25, 0.3) is 11.4 Å². The van der Waals surface area contributed by atoms with E-state index in [0.717, 1.165) is 44.0 Å². The van der Waals surface area contributed by atoms with E-state index < -0.39 is 0 Å². The SMILES string of the molecule is Cc1ccccc1-c1nnc(SCC(=O)N2c3ccccc3SC[C@H]2c2ccccc2)n1C. The number of para-hydroxylation sites is 1. The van der Waals surface area contributed by atoms with E-state index in [1.165, 1.54) is 11.8 Å². The minimum Gasteiger partial charge on any atom is -0.305 e. The van der Waals surface area contributed by atoms with Crippen molar-refractivity contribution in [2.24, 2.45) is 7.05 Å². The molecule has 0 N–H and O–H groups in total. The lowest BCUT2D eigenvalue weighted by atomic mass is 10.1. The third kappa shape index (κ3) is 4.30. The zero-order valence-electron chi connectivity index (χ0n) is 18.5. The first-order chi connectivity index (χ1) is 16.1. The molecule has 166 valence electrons. The molecule has 0 unspecified atom stereocenters. The maximum Gasteiger partial charge on any atom is 0.238 e. The minimum absolute atomic E-state index is 0.00113. The quantitative estimate of drug-likeness (QED) is 0.346. The summed E-state index contributed by atoms with van der Waals surface area (Å²) in [4.78, 5) is 16.7. The average molecular weight is 473 g/mol. The zero-order valence-corrected chi connectivity index (χ0v) is 20.1. The van der Waals surface area contributed by atoms with Crippen LogP contribution in [-0.2, 0) is 11.8 Å². The van der Waals surface area contributed by atoms with Crippen molar-refractivity contribution in [3.8, 4) is 11.4 Å². The average Bonchev–Trinajstić information content (AvgIpc) is 3.22. The molecule has 5 nitrogen and oxygen atoms in total. The van der Waals surface area contributed by atoms with Gasteiger partial charge in [-0.15, -0.1) is 22.0 Å². The lowest BCUT2D eigenvalue weighted by molar-refractivity contribution is -0.116. The number of hydrogen-bond donors (Lipinski definition) is 0. The van der Waals surface area contributed by atoms with Crippen molar-refractivity contribution in [2.75, 3.05) is 16.4 Å². The van der Waals surface area contributed by atoms with Crippen molar-refractivity contribution in [3.63, 3.8) is 0 Å². The number of thioether (sulfide) groups is 2. The Labute approximate surface area is 202 Å². The third-order valence-electron chi connectivity index (χ3n) is 5.83. The monoisotopic (exact) mass is 472 g/mol. The Morgan fingerprint density at radius 1 is 1.00 bits per heavy atom. The number of amides is 1. The normalized spacial score (nSPS) is 15.3. The molecule has 0 radical (unpaired) electrons. The molecule has 33 heavy (non-hydrogen) atoms. The molecule has 0 spiro atoms. The maximum atomic E-state index is 13.6. The van der Waals surface area contributed by atoms with Gasteiger partial charge in [0.1, 0.15) is 0 Å². The summed E-state index contributed by atoms with van der Waals surface area (Å²) >= 11 is 3.24. The Kier molecular flexibility index (Phi) is 6.24. The van der Waals surface area contributed by atoms with Crippen LogP contribution in [-0.4, -0.2) is 32.2 Å². The molecule has 1 aromatic heterocycles. The summed E-state index contributed by atoms with van der Waals surface area (Å²) < 4.78 is 1.97. The van der Waals surface area contributed by atoms with E-state index in [2.05, 4.69) is 41.4 Å². The lowest BCUT2D eigenvalue weighted by Crippen LogP contribution is -2.39. The number of nitrogens with zero attached hydrogens (tertiary/aromatic N) is 4. The van der Waals surface area contributed by atoms with E-state index in [4.69, 9.17) is 0 Å². The van der Waals surface area contributed by atoms with Gasteiger partial charge >= 0.3 is 0 Å². The van der Waals surface area contributed by atoms with E-state index in [0.29, 0.717) is 5.75 Å². The zero-order chi connectivity index (χ0) is 22.8. The highest BCUT2D eigenvalue weighted by molar-refractivity contribution is 8.00. The second kappa shape index (κ2) is 9.45. The van der Waals surface area contributed by atoms with Gasteiger partial charge in [-0.25, -0.2) is 0 Å². The van der Waals surface area contributed by atoms with Crippen molar-refractivity contribution in [1.29, 1.82) is 0 Å². The molecule has 2 heterocycles. The number of carbonyl (C=O) groups excluding carboxylic acids is 1. The van der Waals surface area contributed by atoms with Crippen molar-refractivity contribution < 1.29 is 4.79 Å². The predicted molar refractivity (Wildman–Crippen MR) is 136 cm³/mol. The molecule has 1 aliphatic heterocycles. The van der Waals surface area contributed by atoms with Gasteiger partial charge in [-0.1, -0.05) is 78.5 Å². The number of carbonyl (C=O) groups is 1. The number of fused-ring (bicyclic) bond motifs is 1. The van der Waals surface area contributed by atoms with Gasteiger partial charge < -0.3 is 9.47 Å². The van der Waals surface area contributed by atoms with Gasteiger partial charge in [-0.05, 0) is 30.2 Å². The summed E-state index contributed by atoms with van der Waals surface area (Å²) in [5, 5.41) is 9.51. The summed E-state index contributed by atoms with van der Waals surface area (Å²) in [6.07, 6.45) is 0. The summed E-state index contributed by atoms with van der Waals surface area (Å²) in [5.74, 6) is 2.01. The van der Waals surface area contributed by atoms with Crippen molar-refractivity contribution >= 4 is 35.1 Å². The molecule has 1 aliphatic rings. The molecule has 0 bridgehead atoms. The molecule has 0 saturated heterocycles. The minimum atomic E-state index is 0.00113. The second-order valence-electron chi connectivity index (χ2n) is 7.94. The van der Waals surface area contributed by atoms with E-state index in [9.17, 15) is 4.79 Å². The maximum absolute atomic E-state index is 13.6. The molecule has 0 saturated carbocycles. The fourth-order valence-electron chi connectivity index (χ4n) is 4.11. The molecular formula is C26H24N4OS2. The summed E-state index contributed by atoms with van der Waals surface area (Å²) in [6.45, 7) is 2.07. The Balaban J connectivity index is 1.40. The van der Waals surface area contributed by atoms with Crippen LogP contribution in [0.2, 0.25) is 0 Å². The van der Waals surface area contributed by atoms with Crippen molar-refractivity contribution in [3.05, 3.63) is 90.0 Å². The molecule has 7 heteroatoms. The molecule has 5 rings (SSSR count). The largest absolute Gasteiger partial charge is 0.305 e. The lowest BCUT2D eigenvalue weighted by Gasteiger charge is -2.37. The van der Waals surface area contributed by atoms with Crippen LogP contribution in [0.4, 0.5) is 5.69 Å². The first kappa shape index (κ1) is 21.8. The smallest absolute Gasteiger partial charge is 0.238 e. The van der Waals surface area contributed by atoms with E-state index >= 15 is 0 Å². The van der Waals surface area contributed by atoms with Gasteiger partial charge in [-0.3, -0.25) is 4.79 Å². The molecular weight excluding hydrogens is 448 g/mol. The Morgan fingerprint density at radius 2 is 1.73 bits per heavy atom. The van der Waals surface area contributed by atoms with Crippen molar-refractivity contribution in [2.45, 2.75) is 23.0 Å². The number of aromatic nitrogens is 3. The number of hydrogen-bond acceptors (Lipinski definition) is 5.